The van der Waals surface area contributed by atoms with Crippen molar-refractivity contribution in [2.75, 3.05) is 34.4 Å². The highest BCUT2D eigenvalue weighted by Crippen LogP contribution is 2.35. The monoisotopic (exact) mass is 379 g/mol. The van der Waals surface area contributed by atoms with Gasteiger partial charge < -0.3 is 24.8 Å². The minimum absolute atomic E-state index is 0.219. The third-order valence-electron chi connectivity index (χ3n) is 5.47. The van der Waals surface area contributed by atoms with Crippen molar-refractivity contribution >= 4 is 5.91 Å². The van der Waals surface area contributed by atoms with Crippen LogP contribution in [-0.2, 0) is 11.3 Å². The molecule has 3 rings (SSSR count). The Kier molecular flexibility index (Phi) is 8.81. The van der Waals surface area contributed by atoms with Gasteiger partial charge in [-0.1, -0.05) is 12.8 Å². The number of aliphatic hydroxyl groups excluding tert-OH is 1. The van der Waals surface area contributed by atoms with Gasteiger partial charge in [-0.15, -0.1) is 0 Å². The first-order chi connectivity index (χ1) is 13.2. The van der Waals surface area contributed by atoms with Crippen LogP contribution in [0, 0.1) is 5.92 Å². The number of pyridine rings is 1. The molecule has 1 aliphatic carbocycles. The summed E-state index contributed by atoms with van der Waals surface area (Å²) in [5, 5.41) is 10.3. The maximum atomic E-state index is 12.7. The van der Waals surface area contributed by atoms with E-state index in [4.69, 9.17) is 14.6 Å². The quantitative estimate of drug-likeness (QED) is 0.786. The van der Waals surface area contributed by atoms with E-state index in [0.29, 0.717) is 30.9 Å². The number of carbonyl (C=O) groups is 1. The molecule has 0 spiro atoms. The second-order valence-corrected chi connectivity index (χ2v) is 6.97. The van der Waals surface area contributed by atoms with Crippen molar-refractivity contribution in [2.24, 2.45) is 5.92 Å². The van der Waals surface area contributed by atoms with Gasteiger partial charge in [0.1, 0.15) is 0 Å². The number of nitrogens with one attached hydrogen (secondary N) is 1. The van der Waals surface area contributed by atoms with Crippen LogP contribution in [0.2, 0.25) is 0 Å². The van der Waals surface area contributed by atoms with Gasteiger partial charge in [-0.05, 0) is 37.7 Å². The minimum Gasteiger partial charge on any atom is -0.481 e. The number of methoxy groups -OCH3 is 2. The highest BCUT2D eigenvalue weighted by Gasteiger charge is 2.35. The molecule has 1 unspecified atom stereocenters. The Morgan fingerprint density at radius 2 is 1.93 bits per heavy atom. The lowest BCUT2D eigenvalue weighted by atomic mass is 9.78. The zero-order valence-corrected chi connectivity index (χ0v) is 16.7. The van der Waals surface area contributed by atoms with E-state index < -0.39 is 0 Å². The van der Waals surface area contributed by atoms with Crippen LogP contribution in [-0.4, -0.2) is 61.4 Å². The molecule has 0 radical (unpaired) electrons. The molecule has 1 aliphatic heterocycles. The first-order valence-electron chi connectivity index (χ1n) is 9.75. The fraction of sp³-hybridized carbons (Fsp3) is 0.700. The first-order valence-corrected chi connectivity index (χ1v) is 9.75. The van der Waals surface area contributed by atoms with Gasteiger partial charge in [0.05, 0.1) is 20.8 Å². The number of likely N-dealkylation sites (tertiary alicyclic amines) is 1. The van der Waals surface area contributed by atoms with E-state index in [9.17, 15) is 4.79 Å². The smallest absolute Gasteiger partial charge is 0.236 e. The van der Waals surface area contributed by atoms with E-state index in [1.165, 1.54) is 32.1 Å². The van der Waals surface area contributed by atoms with E-state index in [1.807, 2.05) is 6.07 Å². The fourth-order valence-electron chi connectivity index (χ4n) is 4.22. The van der Waals surface area contributed by atoms with Gasteiger partial charge in [0, 0.05) is 37.9 Å². The summed E-state index contributed by atoms with van der Waals surface area (Å²) in [7, 11) is 4.17. The van der Waals surface area contributed by atoms with Gasteiger partial charge in [0.15, 0.2) is 0 Å². The van der Waals surface area contributed by atoms with Crippen LogP contribution in [0.1, 0.15) is 44.1 Å². The standard InChI is InChI=1S/C19H29N3O3.CH4O/c1-24-17-10-9-15(19(21-17)25-2)12-20-13-18(23)22-11-5-7-14-6-3-4-8-16(14)22;1-2/h9-10,14,16,20H,3-8,11-13H2,1-2H3;2H,1H3/t14?,16-;/m0./s1. The summed E-state index contributed by atoms with van der Waals surface area (Å²) in [5.74, 6) is 1.99. The summed E-state index contributed by atoms with van der Waals surface area (Å²) in [6.07, 6.45) is 7.47. The third-order valence-corrected chi connectivity index (χ3v) is 5.47. The van der Waals surface area contributed by atoms with Crippen LogP contribution in [0.3, 0.4) is 0 Å². The maximum absolute atomic E-state index is 12.7. The summed E-state index contributed by atoms with van der Waals surface area (Å²) >= 11 is 0. The topological polar surface area (TPSA) is 83.9 Å². The lowest BCUT2D eigenvalue weighted by molar-refractivity contribution is -0.136. The van der Waals surface area contributed by atoms with E-state index in [0.717, 1.165) is 31.6 Å². The molecule has 1 saturated heterocycles. The predicted octanol–water partition coefficient (Wildman–Crippen LogP) is 1.98. The number of nitrogens with zero attached hydrogens (tertiary/aromatic N) is 2. The van der Waals surface area contributed by atoms with Crippen LogP contribution in [0.4, 0.5) is 0 Å². The first kappa shape index (κ1) is 21.4. The largest absolute Gasteiger partial charge is 0.481 e. The van der Waals surface area contributed by atoms with Gasteiger partial charge in [-0.2, -0.15) is 4.98 Å². The van der Waals surface area contributed by atoms with E-state index >= 15 is 0 Å². The summed E-state index contributed by atoms with van der Waals surface area (Å²) < 4.78 is 10.4. The van der Waals surface area contributed by atoms with Crippen molar-refractivity contribution in [1.29, 1.82) is 0 Å². The lowest BCUT2D eigenvalue weighted by Gasteiger charge is -2.44. The molecular weight excluding hydrogens is 346 g/mol. The SMILES string of the molecule is CO.COc1ccc(CNCC(=O)N2CCCC3CCCC[C@@H]32)c(OC)n1. The zero-order chi connectivity index (χ0) is 19.6. The van der Waals surface area contributed by atoms with Crippen molar-refractivity contribution in [3.05, 3.63) is 17.7 Å². The molecular formula is C20H33N3O4. The molecule has 0 bridgehead atoms. The molecule has 1 aromatic heterocycles. The van der Waals surface area contributed by atoms with Crippen LogP contribution in [0.5, 0.6) is 11.8 Å². The number of rotatable bonds is 6. The fourth-order valence-corrected chi connectivity index (χ4v) is 4.22. The average molecular weight is 380 g/mol. The number of aromatic nitrogens is 1. The predicted molar refractivity (Wildman–Crippen MR) is 104 cm³/mol. The molecule has 1 aromatic rings. The van der Waals surface area contributed by atoms with Gasteiger partial charge in [0.2, 0.25) is 17.7 Å². The molecule has 27 heavy (non-hydrogen) atoms. The van der Waals surface area contributed by atoms with Crippen molar-refractivity contribution in [3.8, 4) is 11.8 Å². The maximum Gasteiger partial charge on any atom is 0.236 e. The van der Waals surface area contributed by atoms with Crippen molar-refractivity contribution in [2.45, 2.75) is 51.1 Å². The number of carbonyl (C=O) groups excluding carboxylic acids is 1. The molecule has 152 valence electrons. The number of fused-ring (bicyclic) bond motifs is 1. The van der Waals surface area contributed by atoms with Gasteiger partial charge in [0.25, 0.3) is 0 Å². The Morgan fingerprint density at radius 1 is 1.19 bits per heavy atom. The molecule has 0 aromatic carbocycles. The van der Waals surface area contributed by atoms with Crippen molar-refractivity contribution in [1.82, 2.24) is 15.2 Å². The van der Waals surface area contributed by atoms with E-state index in [1.54, 1.807) is 20.3 Å². The van der Waals surface area contributed by atoms with Crippen LogP contribution >= 0.6 is 0 Å². The number of ether oxygens (including phenoxy) is 2. The molecule has 2 aliphatic rings. The second kappa shape index (κ2) is 11.1. The van der Waals surface area contributed by atoms with Crippen LogP contribution < -0.4 is 14.8 Å². The Balaban J connectivity index is 0.00000126. The zero-order valence-electron chi connectivity index (χ0n) is 16.7. The molecule has 2 atom stereocenters. The molecule has 1 saturated carbocycles. The van der Waals surface area contributed by atoms with Crippen molar-refractivity contribution < 1.29 is 19.4 Å². The molecule has 2 heterocycles. The van der Waals surface area contributed by atoms with E-state index in [-0.39, 0.29) is 5.91 Å². The summed E-state index contributed by atoms with van der Waals surface area (Å²) in [4.78, 5) is 19.1. The van der Waals surface area contributed by atoms with Gasteiger partial charge in [-0.25, -0.2) is 0 Å². The third kappa shape index (κ3) is 5.56. The van der Waals surface area contributed by atoms with Crippen LogP contribution in [0.15, 0.2) is 12.1 Å². The Hall–Kier alpha value is -1.86. The van der Waals surface area contributed by atoms with E-state index in [2.05, 4.69) is 15.2 Å². The molecule has 7 nitrogen and oxygen atoms in total. The minimum atomic E-state index is 0.219. The lowest BCUT2D eigenvalue weighted by Crippen LogP contribution is -2.51. The number of hydrogen-bond donors (Lipinski definition) is 2. The Labute approximate surface area is 162 Å². The average Bonchev–Trinajstić information content (AvgIpc) is 2.74. The highest BCUT2D eigenvalue weighted by molar-refractivity contribution is 5.78. The van der Waals surface area contributed by atoms with Crippen molar-refractivity contribution in [3.63, 3.8) is 0 Å². The summed E-state index contributed by atoms with van der Waals surface area (Å²) in [5.41, 5.74) is 0.922. The summed E-state index contributed by atoms with van der Waals surface area (Å²) in [6.45, 7) is 1.82. The van der Waals surface area contributed by atoms with Gasteiger partial charge in [-0.3, -0.25) is 4.79 Å². The van der Waals surface area contributed by atoms with Gasteiger partial charge >= 0.3 is 0 Å². The number of piperidine rings is 1. The number of amides is 1. The molecule has 2 fully saturated rings. The number of hydrogen-bond acceptors (Lipinski definition) is 6. The highest BCUT2D eigenvalue weighted by atomic mass is 16.5. The number of aliphatic hydroxyl groups is 1. The second-order valence-electron chi connectivity index (χ2n) is 6.97. The molecule has 7 heteroatoms. The molecule has 2 N–H and O–H groups in total. The Bertz CT molecular complexity index is 595. The van der Waals surface area contributed by atoms with Crippen LogP contribution in [0.25, 0.3) is 0 Å². The molecule has 1 amide bonds. The Morgan fingerprint density at radius 3 is 2.67 bits per heavy atom. The normalized spacial score (nSPS) is 21.6. The summed E-state index contributed by atoms with van der Waals surface area (Å²) in [6, 6.07) is 4.19.